The monoisotopic (exact) mass is 566 g/mol. The SMILES string of the molecule is CCCCCCCCCC(CCCCCC(CC1CC1CCCCCCCC)C(=O)O)OC(=O)CCCN(C)C. The fourth-order valence-corrected chi connectivity index (χ4v) is 6.16. The largest absolute Gasteiger partial charge is 0.481 e. The molecule has 0 aromatic rings. The first-order valence-corrected chi connectivity index (χ1v) is 17.4. The van der Waals surface area contributed by atoms with E-state index in [1.165, 1.54) is 89.9 Å². The molecule has 1 N–H and O–H groups in total. The Kier molecular flexibility index (Phi) is 22.6. The minimum atomic E-state index is -0.603. The summed E-state index contributed by atoms with van der Waals surface area (Å²) in [7, 11) is 4.06. The van der Waals surface area contributed by atoms with E-state index >= 15 is 0 Å². The number of carbonyl (C=O) groups is 2. The molecule has 0 saturated heterocycles. The van der Waals surface area contributed by atoms with Crippen molar-refractivity contribution in [1.82, 2.24) is 4.90 Å². The second-order valence-electron chi connectivity index (χ2n) is 13.1. The Hall–Kier alpha value is -1.10. The first-order chi connectivity index (χ1) is 19.4. The number of carboxylic acids is 1. The molecule has 5 heteroatoms. The summed E-state index contributed by atoms with van der Waals surface area (Å²) in [6.07, 6.45) is 27.4. The third-order valence-corrected chi connectivity index (χ3v) is 8.93. The van der Waals surface area contributed by atoms with Gasteiger partial charge in [0, 0.05) is 6.42 Å². The smallest absolute Gasteiger partial charge is 0.306 e. The van der Waals surface area contributed by atoms with Crippen LogP contribution in [0.2, 0.25) is 0 Å². The van der Waals surface area contributed by atoms with Gasteiger partial charge in [0.1, 0.15) is 6.10 Å². The Morgan fingerprint density at radius 3 is 1.82 bits per heavy atom. The van der Waals surface area contributed by atoms with E-state index in [0.29, 0.717) is 12.3 Å². The van der Waals surface area contributed by atoms with E-state index in [0.717, 1.165) is 70.3 Å². The average molecular weight is 566 g/mol. The summed E-state index contributed by atoms with van der Waals surface area (Å²) in [4.78, 5) is 26.5. The van der Waals surface area contributed by atoms with E-state index in [4.69, 9.17) is 4.74 Å². The number of hydrogen-bond acceptors (Lipinski definition) is 4. The highest BCUT2D eigenvalue weighted by atomic mass is 16.5. The molecule has 40 heavy (non-hydrogen) atoms. The van der Waals surface area contributed by atoms with Gasteiger partial charge in [0.2, 0.25) is 0 Å². The van der Waals surface area contributed by atoms with Crippen molar-refractivity contribution in [3.05, 3.63) is 0 Å². The standard InChI is InChI=1S/C35H67NO4/c1-5-7-9-11-13-15-19-24-33(40-34(37)26-21-27-36(3)4)25-20-16-18-23-31(35(38)39)29-32-28-30(32)22-17-14-12-10-8-6-2/h30-33H,5-29H2,1-4H3,(H,38,39). The predicted octanol–water partition coefficient (Wildman–Crippen LogP) is 9.81. The quantitative estimate of drug-likeness (QED) is 0.0722. The zero-order chi connectivity index (χ0) is 29.4. The number of unbranched alkanes of at least 4 members (excludes halogenated alkanes) is 13. The van der Waals surface area contributed by atoms with Gasteiger partial charge in [-0.15, -0.1) is 0 Å². The Bertz CT molecular complexity index is 623. The highest BCUT2D eigenvalue weighted by Gasteiger charge is 2.38. The van der Waals surface area contributed by atoms with Crippen molar-refractivity contribution in [2.75, 3.05) is 20.6 Å². The number of nitrogens with zero attached hydrogens (tertiary/aromatic N) is 1. The van der Waals surface area contributed by atoms with Crippen LogP contribution in [-0.2, 0) is 14.3 Å². The molecule has 0 amide bonds. The summed E-state index contributed by atoms with van der Waals surface area (Å²) in [6.45, 7) is 5.41. The molecule has 0 radical (unpaired) electrons. The molecule has 1 saturated carbocycles. The minimum Gasteiger partial charge on any atom is -0.481 e. The van der Waals surface area contributed by atoms with E-state index in [1.54, 1.807) is 0 Å². The van der Waals surface area contributed by atoms with Crippen LogP contribution in [0.15, 0.2) is 0 Å². The molecule has 1 fully saturated rings. The number of ether oxygens (including phenoxy) is 1. The molecule has 0 aromatic heterocycles. The maximum atomic E-state index is 12.4. The van der Waals surface area contributed by atoms with Gasteiger partial charge in [-0.3, -0.25) is 9.59 Å². The molecule has 4 atom stereocenters. The van der Waals surface area contributed by atoms with Crippen LogP contribution in [-0.4, -0.2) is 48.7 Å². The molecule has 1 aliphatic rings. The minimum absolute atomic E-state index is 0.0203. The highest BCUT2D eigenvalue weighted by molar-refractivity contribution is 5.70. The normalized spacial score (nSPS) is 18.1. The zero-order valence-corrected chi connectivity index (χ0v) is 27.1. The predicted molar refractivity (Wildman–Crippen MR) is 169 cm³/mol. The second kappa shape index (κ2) is 24.5. The molecule has 0 spiro atoms. The lowest BCUT2D eigenvalue weighted by molar-refractivity contribution is -0.150. The second-order valence-corrected chi connectivity index (χ2v) is 13.1. The molecule has 5 nitrogen and oxygen atoms in total. The fourth-order valence-electron chi connectivity index (χ4n) is 6.16. The molecule has 1 rings (SSSR count). The van der Waals surface area contributed by atoms with E-state index in [1.807, 2.05) is 14.1 Å². The lowest BCUT2D eigenvalue weighted by Gasteiger charge is -2.19. The van der Waals surface area contributed by atoms with Crippen LogP contribution < -0.4 is 0 Å². The number of aliphatic carboxylic acids is 1. The molecule has 0 heterocycles. The van der Waals surface area contributed by atoms with Crippen molar-refractivity contribution >= 4 is 11.9 Å². The third kappa shape index (κ3) is 20.7. The van der Waals surface area contributed by atoms with Crippen LogP contribution in [0.5, 0.6) is 0 Å². The van der Waals surface area contributed by atoms with Gasteiger partial charge in [0.15, 0.2) is 0 Å². The molecular formula is C35H67NO4. The van der Waals surface area contributed by atoms with Crippen LogP contribution in [0, 0.1) is 17.8 Å². The summed E-state index contributed by atoms with van der Waals surface area (Å²) < 4.78 is 5.92. The Balaban J connectivity index is 2.29. The van der Waals surface area contributed by atoms with Crippen molar-refractivity contribution in [3.8, 4) is 0 Å². The lowest BCUT2D eigenvalue weighted by Crippen LogP contribution is -2.20. The molecule has 0 bridgehead atoms. The molecule has 0 aliphatic heterocycles. The number of hydrogen-bond donors (Lipinski definition) is 1. The number of carbonyl (C=O) groups excluding carboxylic acids is 1. The van der Waals surface area contributed by atoms with Gasteiger partial charge in [-0.1, -0.05) is 110 Å². The maximum Gasteiger partial charge on any atom is 0.306 e. The molecular weight excluding hydrogens is 498 g/mol. The highest BCUT2D eigenvalue weighted by Crippen LogP contribution is 2.47. The summed E-state index contributed by atoms with van der Waals surface area (Å²) in [6, 6.07) is 0. The van der Waals surface area contributed by atoms with E-state index in [9.17, 15) is 14.7 Å². The van der Waals surface area contributed by atoms with Gasteiger partial charge < -0.3 is 14.7 Å². The Morgan fingerprint density at radius 2 is 1.25 bits per heavy atom. The Morgan fingerprint density at radius 1 is 0.725 bits per heavy atom. The van der Waals surface area contributed by atoms with Crippen LogP contribution >= 0.6 is 0 Å². The van der Waals surface area contributed by atoms with Gasteiger partial charge >= 0.3 is 11.9 Å². The van der Waals surface area contributed by atoms with Crippen molar-refractivity contribution in [2.24, 2.45) is 17.8 Å². The lowest BCUT2D eigenvalue weighted by atomic mass is 9.93. The number of rotatable bonds is 29. The summed E-state index contributed by atoms with van der Waals surface area (Å²) >= 11 is 0. The van der Waals surface area contributed by atoms with Gasteiger partial charge in [-0.2, -0.15) is 0 Å². The van der Waals surface area contributed by atoms with Crippen LogP contribution in [0.4, 0.5) is 0 Å². The van der Waals surface area contributed by atoms with Crippen molar-refractivity contribution in [2.45, 2.75) is 174 Å². The summed E-state index contributed by atoms with van der Waals surface area (Å²) in [5, 5.41) is 9.81. The maximum absolute atomic E-state index is 12.4. The molecule has 0 aromatic carbocycles. The fraction of sp³-hybridized carbons (Fsp3) is 0.943. The first kappa shape index (κ1) is 36.9. The first-order valence-electron chi connectivity index (χ1n) is 17.4. The molecule has 236 valence electrons. The van der Waals surface area contributed by atoms with Gasteiger partial charge in [0.25, 0.3) is 0 Å². The third-order valence-electron chi connectivity index (χ3n) is 8.93. The van der Waals surface area contributed by atoms with E-state index < -0.39 is 5.97 Å². The van der Waals surface area contributed by atoms with Crippen LogP contribution in [0.3, 0.4) is 0 Å². The molecule has 1 aliphatic carbocycles. The van der Waals surface area contributed by atoms with E-state index in [2.05, 4.69) is 18.7 Å². The van der Waals surface area contributed by atoms with Gasteiger partial charge in [-0.05, 0) is 83.8 Å². The van der Waals surface area contributed by atoms with Crippen molar-refractivity contribution < 1.29 is 19.4 Å². The summed E-state index contributed by atoms with van der Waals surface area (Å²) in [5.41, 5.74) is 0. The Labute approximate surface area is 248 Å². The summed E-state index contributed by atoms with van der Waals surface area (Å²) in [5.74, 6) is 0.592. The van der Waals surface area contributed by atoms with E-state index in [-0.39, 0.29) is 18.0 Å². The van der Waals surface area contributed by atoms with Crippen molar-refractivity contribution in [1.29, 1.82) is 0 Å². The topological polar surface area (TPSA) is 66.8 Å². The van der Waals surface area contributed by atoms with Crippen LogP contribution in [0.1, 0.15) is 168 Å². The molecule has 4 unspecified atom stereocenters. The zero-order valence-electron chi connectivity index (χ0n) is 27.1. The van der Waals surface area contributed by atoms with Gasteiger partial charge in [-0.25, -0.2) is 0 Å². The van der Waals surface area contributed by atoms with Crippen molar-refractivity contribution in [3.63, 3.8) is 0 Å². The number of esters is 1. The van der Waals surface area contributed by atoms with Crippen LogP contribution in [0.25, 0.3) is 0 Å². The number of carboxylic acid groups (broad SMARTS) is 1. The average Bonchev–Trinajstić information content (AvgIpc) is 3.66. The van der Waals surface area contributed by atoms with Gasteiger partial charge in [0.05, 0.1) is 5.92 Å².